The summed E-state index contributed by atoms with van der Waals surface area (Å²) in [6, 6.07) is 3.03. The van der Waals surface area contributed by atoms with Crippen LogP contribution in [0.15, 0.2) is 24.7 Å². The van der Waals surface area contributed by atoms with E-state index in [4.69, 9.17) is 4.74 Å². The molecule has 1 saturated heterocycles. The van der Waals surface area contributed by atoms with E-state index in [2.05, 4.69) is 15.0 Å². The Morgan fingerprint density at radius 2 is 2.07 bits per heavy atom. The fourth-order valence-corrected chi connectivity index (χ4v) is 4.34. The van der Waals surface area contributed by atoms with Gasteiger partial charge in [-0.2, -0.15) is 0 Å². The lowest BCUT2D eigenvalue weighted by molar-refractivity contribution is -0.145. The Labute approximate surface area is 162 Å². The maximum atomic E-state index is 12.8. The van der Waals surface area contributed by atoms with Gasteiger partial charge in [0.15, 0.2) is 5.69 Å². The summed E-state index contributed by atoms with van der Waals surface area (Å²) in [6.07, 6.45) is 5.01. The quantitative estimate of drug-likeness (QED) is 0.803. The second kappa shape index (κ2) is 7.23. The number of fused-ring (bicyclic) bond motifs is 2. The molecule has 1 fully saturated rings. The second-order valence-electron chi connectivity index (χ2n) is 7.15. The summed E-state index contributed by atoms with van der Waals surface area (Å²) in [5.41, 5.74) is 1.43. The van der Waals surface area contributed by atoms with Gasteiger partial charge in [0.1, 0.15) is 12.4 Å². The highest BCUT2D eigenvalue weighted by Crippen LogP contribution is 2.42. The third kappa shape index (κ3) is 2.91. The summed E-state index contributed by atoms with van der Waals surface area (Å²) >= 11 is 0. The van der Waals surface area contributed by atoms with Crippen LogP contribution in [-0.4, -0.2) is 75.0 Å². The third-order valence-corrected chi connectivity index (χ3v) is 5.70. The highest BCUT2D eigenvalue weighted by molar-refractivity contribution is 5.94. The molecule has 148 valence electrons. The molecule has 1 spiro atoms. The number of ether oxygens (including phenoxy) is 1. The zero-order chi connectivity index (χ0) is 19.7. The van der Waals surface area contributed by atoms with Gasteiger partial charge in [-0.15, -0.1) is 0 Å². The number of likely N-dealkylation sites (tertiary alicyclic amines) is 1. The SMILES string of the molecule is COCC(=O)N1CCc2[nH]cnc2C12CCN(C(=O)c1ncccc1O)CC2. The van der Waals surface area contributed by atoms with E-state index in [0.29, 0.717) is 32.5 Å². The molecule has 0 aliphatic carbocycles. The van der Waals surface area contributed by atoms with Crippen LogP contribution in [0.5, 0.6) is 5.75 Å². The monoisotopic (exact) mass is 385 g/mol. The van der Waals surface area contributed by atoms with Crippen LogP contribution < -0.4 is 0 Å². The number of rotatable bonds is 3. The molecule has 0 radical (unpaired) electrons. The van der Waals surface area contributed by atoms with Gasteiger partial charge in [0.05, 0.1) is 17.6 Å². The zero-order valence-corrected chi connectivity index (χ0v) is 15.7. The average Bonchev–Trinajstić information content (AvgIpc) is 3.19. The Hall–Kier alpha value is -2.94. The van der Waals surface area contributed by atoms with Crippen LogP contribution in [0.2, 0.25) is 0 Å². The summed E-state index contributed by atoms with van der Waals surface area (Å²) in [4.78, 5) is 40.8. The van der Waals surface area contributed by atoms with Crippen LogP contribution in [0.25, 0.3) is 0 Å². The molecule has 2 aliphatic heterocycles. The Kier molecular flexibility index (Phi) is 4.76. The minimum absolute atomic E-state index is 0.0198. The summed E-state index contributed by atoms with van der Waals surface area (Å²) in [7, 11) is 1.51. The number of carbonyl (C=O) groups is 2. The number of methoxy groups -OCH3 is 1. The number of piperidine rings is 1. The molecule has 9 nitrogen and oxygen atoms in total. The Bertz CT molecular complexity index is 888. The number of hydrogen-bond donors (Lipinski definition) is 2. The van der Waals surface area contributed by atoms with Crippen molar-refractivity contribution in [2.75, 3.05) is 33.4 Å². The van der Waals surface area contributed by atoms with Crippen LogP contribution in [0.4, 0.5) is 0 Å². The molecule has 2 aliphatic rings. The fraction of sp³-hybridized carbons (Fsp3) is 0.474. The van der Waals surface area contributed by atoms with Crippen molar-refractivity contribution in [2.24, 2.45) is 0 Å². The molecule has 0 bridgehead atoms. The number of aromatic amines is 1. The van der Waals surface area contributed by atoms with E-state index in [-0.39, 0.29) is 29.9 Å². The van der Waals surface area contributed by atoms with Crippen molar-refractivity contribution >= 4 is 11.8 Å². The van der Waals surface area contributed by atoms with E-state index in [9.17, 15) is 14.7 Å². The van der Waals surface area contributed by atoms with Crippen molar-refractivity contribution < 1.29 is 19.4 Å². The molecule has 2 N–H and O–H groups in total. The maximum Gasteiger partial charge on any atom is 0.276 e. The van der Waals surface area contributed by atoms with Crippen molar-refractivity contribution in [1.29, 1.82) is 0 Å². The van der Waals surface area contributed by atoms with Crippen molar-refractivity contribution in [1.82, 2.24) is 24.8 Å². The van der Waals surface area contributed by atoms with Crippen molar-refractivity contribution in [2.45, 2.75) is 24.8 Å². The van der Waals surface area contributed by atoms with Gasteiger partial charge in [0.2, 0.25) is 5.91 Å². The Morgan fingerprint density at radius 3 is 2.79 bits per heavy atom. The highest BCUT2D eigenvalue weighted by atomic mass is 16.5. The van der Waals surface area contributed by atoms with E-state index in [1.165, 1.54) is 19.4 Å². The maximum absolute atomic E-state index is 12.8. The smallest absolute Gasteiger partial charge is 0.276 e. The van der Waals surface area contributed by atoms with Crippen LogP contribution in [0, 0.1) is 0 Å². The minimum Gasteiger partial charge on any atom is -0.505 e. The van der Waals surface area contributed by atoms with Gasteiger partial charge in [0.25, 0.3) is 5.91 Å². The zero-order valence-electron chi connectivity index (χ0n) is 15.7. The molecular formula is C19H23N5O4. The molecule has 4 rings (SSSR count). The molecular weight excluding hydrogens is 362 g/mol. The number of carbonyl (C=O) groups excluding carboxylic acids is 2. The Balaban J connectivity index is 1.59. The number of aromatic nitrogens is 3. The topological polar surface area (TPSA) is 112 Å². The molecule has 0 unspecified atom stereocenters. The number of pyridine rings is 1. The average molecular weight is 385 g/mol. The van der Waals surface area contributed by atoms with Gasteiger partial charge in [-0.25, -0.2) is 9.97 Å². The minimum atomic E-state index is -0.549. The number of hydrogen-bond acceptors (Lipinski definition) is 6. The molecule has 2 amide bonds. The van der Waals surface area contributed by atoms with Gasteiger partial charge < -0.3 is 24.6 Å². The molecule has 2 aromatic heterocycles. The van der Waals surface area contributed by atoms with Crippen molar-refractivity contribution in [3.8, 4) is 5.75 Å². The number of nitrogens with zero attached hydrogens (tertiary/aromatic N) is 4. The summed E-state index contributed by atoms with van der Waals surface area (Å²) in [5, 5.41) is 9.94. The van der Waals surface area contributed by atoms with Gasteiger partial charge in [-0.1, -0.05) is 0 Å². The normalized spacial score (nSPS) is 18.2. The number of amides is 2. The van der Waals surface area contributed by atoms with E-state index in [1.807, 2.05) is 4.90 Å². The first-order chi connectivity index (χ1) is 13.6. The van der Waals surface area contributed by atoms with E-state index in [0.717, 1.165) is 17.8 Å². The predicted octanol–water partition coefficient (Wildman–Crippen LogP) is 0.673. The third-order valence-electron chi connectivity index (χ3n) is 5.70. The fourth-order valence-electron chi connectivity index (χ4n) is 4.34. The number of nitrogens with one attached hydrogen (secondary N) is 1. The lowest BCUT2D eigenvalue weighted by atomic mass is 9.78. The number of H-pyrrole nitrogens is 1. The molecule has 28 heavy (non-hydrogen) atoms. The van der Waals surface area contributed by atoms with Crippen molar-refractivity contribution in [3.05, 3.63) is 41.7 Å². The first-order valence-electron chi connectivity index (χ1n) is 9.32. The first kappa shape index (κ1) is 18.4. The van der Waals surface area contributed by atoms with Crippen LogP contribution in [0.3, 0.4) is 0 Å². The molecule has 0 aromatic carbocycles. The molecule has 0 atom stereocenters. The summed E-state index contributed by atoms with van der Waals surface area (Å²) in [5.74, 6) is -0.504. The van der Waals surface area contributed by atoms with E-state index in [1.54, 1.807) is 17.3 Å². The second-order valence-corrected chi connectivity index (χ2v) is 7.15. The molecule has 9 heteroatoms. The van der Waals surface area contributed by atoms with Crippen LogP contribution >= 0.6 is 0 Å². The van der Waals surface area contributed by atoms with Gasteiger partial charge >= 0.3 is 0 Å². The van der Waals surface area contributed by atoms with Gasteiger partial charge in [-0.05, 0) is 25.0 Å². The van der Waals surface area contributed by atoms with Gasteiger partial charge in [-0.3, -0.25) is 9.59 Å². The molecule has 0 saturated carbocycles. The van der Waals surface area contributed by atoms with Crippen LogP contribution in [-0.2, 0) is 21.5 Å². The standard InChI is InChI=1S/C19H23N5O4/c1-28-11-15(26)24-8-4-13-17(22-12-21-13)19(24)5-9-23(10-6-19)18(27)16-14(25)3-2-7-20-16/h2-3,7,12,25H,4-6,8-11H2,1H3,(H,21,22). The lowest BCUT2D eigenvalue weighted by Gasteiger charge is -2.50. The summed E-state index contributed by atoms with van der Waals surface area (Å²) in [6.45, 7) is 1.49. The van der Waals surface area contributed by atoms with E-state index < -0.39 is 5.54 Å². The number of imidazole rings is 1. The first-order valence-corrected chi connectivity index (χ1v) is 9.32. The Morgan fingerprint density at radius 1 is 1.29 bits per heavy atom. The lowest BCUT2D eigenvalue weighted by Crippen LogP contribution is -2.59. The predicted molar refractivity (Wildman–Crippen MR) is 98.6 cm³/mol. The highest BCUT2D eigenvalue weighted by Gasteiger charge is 2.49. The van der Waals surface area contributed by atoms with E-state index >= 15 is 0 Å². The molecule has 2 aromatic rings. The largest absolute Gasteiger partial charge is 0.505 e. The van der Waals surface area contributed by atoms with Crippen molar-refractivity contribution in [3.63, 3.8) is 0 Å². The molecule has 4 heterocycles. The number of aromatic hydroxyl groups is 1. The van der Waals surface area contributed by atoms with Gasteiger partial charge in [0, 0.05) is 45.1 Å². The van der Waals surface area contributed by atoms with Crippen LogP contribution in [0.1, 0.15) is 34.7 Å². The summed E-state index contributed by atoms with van der Waals surface area (Å²) < 4.78 is 5.07.